The molecule has 0 bridgehead atoms. The van der Waals surface area contributed by atoms with Crippen molar-refractivity contribution >= 4 is 31.9 Å². The second-order valence-electron chi connectivity index (χ2n) is 4.75. The number of halogens is 2. The molecule has 1 aliphatic rings. The molecule has 0 atom stereocenters. The van der Waals surface area contributed by atoms with Crippen molar-refractivity contribution in [1.82, 2.24) is 4.90 Å². The molecule has 0 saturated heterocycles. The Morgan fingerprint density at radius 1 is 1.29 bits per heavy atom. The number of benzene rings is 1. The van der Waals surface area contributed by atoms with Gasteiger partial charge in [0.15, 0.2) is 0 Å². The van der Waals surface area contributed by atoms with E-state index in [-0.39, 0.29) is 0 Å². The number of hydrogen-bond acceptors (Lipinski definition) is 2. The van der Waals surface area contributed by atoms with Gasteiger partial charge in [-0.15, -0.1) is 0 Å². The molecule has 94 valence electrons. The summed E-state index contributed by atoms with van der Waals surface area (Å²) < 4.78 is 1.75. The summed E-state index contributed by atoms with van der Waals surface area (Å²) in [6.07, 6.45) is 5.24. The van der Waals surface area contributed by atoms with Crippen LogP contribution in [0.15, 0.2) is 21.1 Å². The molecular formula is C13H17Br2NO. The van der Waals surface area contributed by atoms with Crippen LogP contribution in [0.3, 0.4) is 0 Å². The summed E-state index contributed by atoms with van der Waals surface area (Å²) in [5.74, 6) is 0.359. The molecule has 1 aromatic carbocycles. The Morgan fingerprint density at radius 3 is 2.59 bits per heavy atom. The van der Waals surface area contributed by atoms with Crippen LogP contribution in [0.4, 0.5) is 0 Å². The van der Waals surface area contributed by atoms with Crippen LogP contribution in [0.2, 0.25) is 0 Å². The van der Waals surface area contributed by atoms with Crippen molar-refractivity contribution in [3.8, 4) is 5.75 Å². The smallest absolute Gasteiger partial charge is 0.134 e. The Hall–Kier alpha value is -0.0600. The molecule has 4 heteroatoms. The fraction of sp³-hybridized carbons (Fsp3) is 0.538. The van der Waals surface area contributed by atoms with E-state index in [9.17, 15) is 5.11 Å². The molecule has 1 aliphatic carbocycles. The maximum Gasteiger partial charge on any atom is 0.134 e. The van der Waals surface area contributed by atoms with Crippen LogP contribution in [0.25, 0.3) is 0 Å². The lowest BCUT2D eigenvalue weighted by Crippen LogP contribution is -2.28. The lowest BCUT2D eigenvalue weighted by atomic mass is 10.1. The summed E-state index contributed by atoms with van der Waals surface area (Å²) in [7, 11) is 2.14. The fourth-order valence-corrected chi connectivity index (χ4v) is 3.80. The number of nitrogens with zero attached hydrogens (tertiary/aromatic N) is 1. The van der Waals surface area contributed by atoms with E-state index in [1.54, 1.807) is 0 Å². The minimum atomic E-state index is 0.359. The second-order valence-corrected chi connectivity index (χ2v) is 6.52. The molecule has 17 heavy (non-hydrogen) atoms. The van der Waals surface area contributed by atoms with Crippen molar-refractivity contribution < 1.29 is 5.11 Å². The van der Waals surface area contributed by atoms with Crippen LogP contribution in [-0.2, 0) is 6.54 Å². The number of aromatic hydroxyl groups is 1. The normalized spacial score (nSPS) is 16.9. The van der Waals surface area contributed by atoms with Crippen molar-refractivity contribution in [2.75, 3.05) is 7.05 Å². The van der Waals surface area contributed by atoms with Crippen molar-refractivity contribution in [3.63, 3.8) is 0 Å². The Balaban J connectivity index is 2.12. The molecule has 0 radical (unpaired) electrons. The van der Waals surface area contributed by atoms with Crippen LogP contribution < -0.4 is 0 Å². The maximum atomic E-state index is 10.0. The SMILES string of the molecule is CN(Cc1cc(Br)cc(Br)c1O)C1CCCC1. The first kappa shape index (κ1) is 13.4. The summed E-state index contributed by atoms with van der Waals surface area (Å²) in [6.45, 7) is 0.800. The van der Waals surface area contributed by atoms with Gasteiger partial charge in [-0.3, -0.25) is 4.90 Å². The van der Waals surface area contributed by atoms with Gasteiger partial charge < -0.3 is 5.11 Å². The van der Waals surface area contributed by atoms with E-state index in [4.69, 9.17) is 0 Å². The van der Waals surface area contributed by atoms with Crippen molar-refractivity contribution in [2.24, 2.45) is 0 Å². The van der Waals surface area contributed by atoms with E-state index < -0.39 is 0 Å². The van der Waals surface area contributed by atoms with Crippen molar-refractivity contribution in [2.45, 2.75) is 38.3 Å². The van der Waals surface area contributed by atoms with E-state index in [2.05, 4.69) is 43.8 Å². The van der Waals surface area contributed by atoms with E-state index in [0.29, 0.717) is 11.8 Å². The molecule has 0 spiro atoms. The van der Waals surface area contributed by atoms with Gasteiger partial charge in [-0.05, 0) is 48.0 Å². The number of phenols is 1. The monoisotopic (exact) mass is 361 g/mol. The maximum absolute atomic E-state index is 10.0. The number of hydrogen-bond donors (Lipinski definition) is 1. The average Bonchev–Trinajstić information content (AvgIpc) is 2.78. The van der Waals surface area contributed by atoms with Gasteiger partial charge in [0, 0.05) is 22.6 Å². The van der Waals surface area contributed by atoms with Crippen LogP contribution in [0.5, 0.6) is 5.75 Å². The van der Waals surface area contributed by atoms with Gasteiger partial charge in [0.1, 0.15) is 5.75 Å². The van der Waals surface area contributed by atoms with E-state index >= 15 is 0 Å². The first-order valence-electron chi connectivity index (χ1n) is 5.95. The Bertz CT molecular complexity index is 403. The first-order valence-corrected chi connectivity index (χ1v) is 7.53. The van der Waals surface area contributed by atoms with Gasteiger partial charge in [-0.25, -0.2) is 0 Å². The number of phenolic OH excluding ortho intramolecular Hbond substituents is 1. The third-order valence-electron chi connectivity index (χ3n) is 3.47. The highest BCUT2D eigenvalue weighted by Gasteiger charge is 2.20. The molecule has 0 heterocycles. The topological polar surface area (TPSA) is 23.5 Å². The van der Waals surface area contributed by atoms with Gasteiger partial charge in [-0.1, -0.05) is 28.8 Å². The zero-order valence-electron chi connectivity index (χ0n) is 9.92. The molecule has 0 unspecified atom stereocenters. The van der Waals surface area contributed by atoms with Crippen LogP contribution in [0.1, 0.15) is 31.2 Å². The van der Waals surface area contributed by atoms with Crippen LogP contribution in [-0.4, -0.2) is 23.1 Å². The minimum Gasteiger partial charge on any atom is -0.506 e. The number of rotatable bonds is 3. The second kappa shape index (κ2) is 5.72. The standard InChI is InChI=1S/C13H17Br2NO/c1-16(11-4-2-3-5-11)8-9-6-10(14)7-12(15)13(9)17/h6-7,11,17H,2-5,8H2,1H3. The van der Waals surface area contributed by atoms with Gasteiger partial charge in [0.2, 0.25) is 0 Å². The highest BCUT2D eigenvalue weighted by molar-refractivity contribution is 9.11. The summed E-state index contributed by atoms with van der Waals surface area (Å²) >= 11 is 6.83. The zero-order valence-corrected chi connectivity index (χ0v) is 13.1. The molecule has 2 rings (SSSR count). The molecule has 1 aromatic rings. The predicted molar refractivity (Wildman–Crippen MR) is 77.2 cm³/mol. The molecule has 1 N–H and O–H groups in total. The highest BCUT2D eigenvalue weighted by atomic mass is 79.9. The Kier molecular flexibility index (Phi) is 4.50. The molecule has 2 nitrogen and oxygen atoms in total. The van der Waals surface area contributed by atoms with Crippen molar-refractivity contribution in [1.29, 1.82) is 0 Å². The third kappa shape index (κ3) is 3.24. The first-order chi connectivity index (χ1) is 8.08. The van der Waals surface area contributed by atoms with Gasteiger partial charge in [-0.2, -0.15) is 0 Å². The molecule has 0 aromatic heterocycles. The average molecular weight is 363 g/mol. The zero-order chi connectivity index (χ0) is 12.4. The van der Waals surface area contributed by atoms with Crippen LogP contribution in [0, 0.1) is 0 Å². The Labute approximate surface area is 119 Å². The van der Waals surface area contributed by atoms with E-state index in [1.807, 2.05) is 12.1 Å². The highest BCUT2D eigenvalue weighted by Crippen LogP contribution is 2.33. The predicted octanol–water partition coefficient (Wildman–Crippen LogP) is 4.29. The molecule has 0 amide bonds. The van der Waals surface area contributed by atoms with Crippen molar-refractivity contribution in [3.05, 3.63) is 26.6 Å². The van der Waals surface area contributed by atoms with E-state index in [1.165, 1.54) is 25.7 Å². The van der Waals surface area contributed by atoms with E-state index in [0.717, 1.165) is 21.1 Å². The van der Waals surface area contributed by atoms with Gasteiger partial charge >= 0.3 is 0 Å². The Morgan fingerprint density at radius 2 is 1.94 bits per heavy atom. The van der Waals surface area contributed by atoms with Crippen LogP contribution >= 0.6 is 31.9 Å². The summed E-state index contributed by atoms with van der Waals surface area (Å²) in [4.78, 5) is 2.35. The summed E-state index contributed by atoms with van der Waals surface area (Å²) in [6, 6.07) is 4.53. The van der Waals surface area contributed by atoms with Gasteiger partial charge in [0.05, 0.1) is 4.47 Å². The molecule has 1 saturated carbocycles. The van der Waals surface area contributed by atoms with Gasteiger partial charge in [0.25, 0.3) is 0 Å². The lowest BCUT2D eigenvalue weighted by molar-refractivity contribution is 0.234. The summed E-state index contributed by atoms with van der Waals surface area (Å²) in [5, 5.41) is 10.0. The minimum absolute atomic E-state index is 0.359. The molecular weight excluding hydrogens is 346 g/mol. The summed E-state index contributed by atoms with van der Waals surface area (Å²) in [5.41, 5.74) is 0.973. The molecule has 1 fully saturated rings. The molecule has 0 aliphatic heterocycles. The fourth-order valence-electron chi connectivity index (χ4n) is 2.48. The quantitative estimate of drug-likeness (QED) is 0.866. The largest absolute Gasteiger partial charge is 0.506 e. The lowest BCUT2D eigenvalue weighted by Gasteiger charge is -2.24. The third-order valence-corrected chi connectivity index (χ3v) is 4.54.